The van der Waals surface area contributed by atoms with Crippen LogP contribution in [0.4, 0.5) is 5.69 Å². The lowest BCUT2D eigenvalue weighted by atomic mass is 10.2. The van der Waals surface area contributed by atoms with E-state index in [9.17, 15) is 14.9 Å². The van der Waals surface area contributed by atoms with Crippen molar-refractivity contribution in [2.75, 3.05) is 13.1 Å². The molecule has 120 valence electrons. The van der Waals surface area contributed by atoms with E-state index in [1.54, 1.807) is 11.8 Å². The van der Waals surface area contributed by atoms with Crippen LogP contribution in [0.25, 0.3) is 0 Å². The molecule has 0 saturated carbocycles. The van der Waals surface area contributed by atoms with E-state index in [2.05, 4.69) is 0 Å². The smallest absolute Gasteiger partial charge is 0.269 e. The maximum Gasteiger partial charge on any atom is 0.269 e. The first-order valence-electron chi connectivity index (χ1n) is 7.22. The molecule has 0 aliphatic carbocycles. The van der Waals surface area contributed by atoms with Gasteiger partial charge in [0, 0.05) is 25.2 Å². The molecule has 0 radical (unpaired) electrons. The summed E-state index contributed by atoms with van der Waals surface area (Å²) in [6, 6.07) is 5.69. The van der Waals surface area contributed by atoms with Crippen LogP contribution in [-0.4, -0.2) is 47.1 Å². The van der Waals surface area contributed by atoms with Gasteiger partial charge in [-0.15, -0.1) is 0 Å². The molecule has 1 aliphatic heterocycles. The normalized spacial score (nSPS) is 23.0. The molecule has 1 heterocycles. The molecule has 0 aromatic heterocycles. The van der Waals surface area contributed by atoms with Crippen molar-refractivity contribution in [3.05, 3.63) is 34.4 Å². The van der Waals surface area contributed by atoms with Gasteiger partial charge in [-0.1, -0.05) is 0 Å². The van der Waals surface area contributed by atoms with Gasteiger partial charge in [-0.2, -0.15) is 0 Å². The van der Waals surface area contributed by atoms with Gasteiger partial charge in [-0.3, -0.25) is 14.9 Å². The molecular formula is C15H20N2O5. The zero-order valence-corrected chi connectivity index (χ0v) is 12.9. The number of carbonyl (C=O) groups excluding carboxylic acids is 1. The Balaban J connectivity index is 1.97. The Kier molecular flexibility index (Phi) is 4.97. The van der Waals surface area contributed by atoms with E-state index >= 15 is 0 Å². The first-order chi connectivity index (χ1) is 10.4. The third kappa shape index (κ3) is 3.94. The highest BCUT2D eigenvalue weighted by molar-refractivity contribution is 5.81. The van der Waals surface area contributed by atoms with Crippen LogP contribution in [0.5, 0.6) is 5.75 Å². The predicted molar refractivity (Wildman–Crippen MR) is 79.8 cm³/mol. The molecule has 22 heavy (non-hydrogen) atoms. The van der Waals surface area contributed by atoms with Gasteiger partial charge >= 0.3 is 0 Å². The van der Waals surface area contributed by atoms with Gasteiger partial charge in [0.15, 0.2) is 6.10 Å². The summed E-state index contributed by atoms with van der Waals surface area (Å²) in [7, 11) is 0. The van der Waals surface area contributed by atoms with Crippen LogP contribution in [0.1, 0.15) is 20.8 Å². The van der Waals surface area contributed by atoms with Crippen molar-refractivity contribution in [1.82, 2.24) is 4.90 Å². The minimum atomic E-state index is -0.654. The van der Waals surface area contributed by atoms with Crippen LogP contribution in [0.3, 0.4) is 0 Å². The monoisotopic (exact) mass is 308 g/mol. The molecule has 1 amide bonds. The van der Waals surface area contributed by atoms with Crippen molar-refractivity contribution < 1.29 is 19.2 Å². The number of benzene rings is 1. The summed E-state index contributed by atoms with van der Waals surface area (Å²) < 4.78 is 11.2. The number of morpholine rings is 1. The summed E-state index contributed by atoms with van der Waals surface area (Å²) in [6.45, 7) is 6.61. The van der Waals surface area contributed by atoms with E-state index in [1.165, 1.54) is 24.3 Å². The lowest BCUT2D eigenvalue weighted by molar-refractivity contribution is -0.384. The molecule has 1 fully saturated rings. The molecule has 0 N–H and O–H groups in total. The Hall–Kier alpha value is -2.15. The Labute approximate surface area is 129 Å². The maximum absolute atomic E-state index is 12.4. The number of hydrogen-bond donors (Lipinski definition) is 0. The van der Waals surface area contributed by atoms with E-state index < -0.39 is 11.0 Å². The van der Waals surface area contributed by atoms with Gasteiger partial charge in [0.1, 0.15) is 5.75 Å². The van der Waals surface area contributed by atoms with Gasteiger partial charge in [-0.25, -0.2) is 0 Å². The van der Waals surface area contributed by atoms with Crippen LogP contribution in [0.2, 0.25) is 0 Å². The average molecular weight is 308 g/mol. The zero-order valence-electron chi connectivity index (χ0n) is 12.9. The number of carbonyl (C=O) groups is 1. The first kappa shape index (κ1) is 16.2. The van der Waals surface area contributed by atoms with Crippen molar-refractivity contribution in [1.29, 1.82) is 0 Å². The van der Waals surface area contributed by atoms with Gasteiger partial charge in [0.2, 0.25) is 0 Å². The third-order valence-corrected chi connectivity index (χ3v) is 3.44. The molecule has 0 unspecified atom stereocenters. The molecule has 1 aromatic rings. The summed E-state index contributed by atoms with van der Waals surface area (Å²) in [6.07, 6.45) is -0.655. The van der Waals surface area contributed by atoms with Crippen molar-refractivity contribution in [3.63, 3.8) is 0 Å². The number of non-ortho nitro benzene ring substituents is 1. The molecule has 0 spiro atoms. The fourth-order valence-corrected chi connectivity index (χ4v) is 2.52. The van der Waals surface area contributed by atoms with Crippen LogP contribution in [0, 0.1) is 10.1 Å². The molecule has 0 bridgehead atoms. The van der Waals surface area contributed by atoms with Crippen LogP contribution in [-0.2, 0) is 9.53 Å². The van der Waals surface area contributed by atoms with Gasteiger partial charge in [-0.05, 0) is 32.9 Å². The molecule has 1 aliphatic rings. The minimum Gasteiger partial charge on any atom is -0.481 e. The summed E-state index contributed by atoms with van der Waals surface area (Å²) in [5.74, 6) is 0.321. The Bertz CT molecular complexity index is 535. The number of nitro benzene ring substituents is 1. The Morgan fingerprint density at radius 2 is 1.86 bits per heavy atom. The molecule has 7 heteroatoms. The molecule has 1 saturated heterocycles. The highest BCUT2D eigenvalue weighted by atomic mass is 16.6. The standard InChI is InChI=1S/C15H20N2O5/c1-10-8-16(9-11(2)21-10)15(18)12(3)22-14-6-4-13(5-7-14)17(19)20/h4-7,10-12H,8-9H2,1-3H3/t10-,11-,12+/m0/s1. The number of nitrogens with zero attached hydrogens (tertiary/aromatic N) is 2. The maximum atomic E-state index is 12.4. The summed E-state index contributed by atoms with van der Waals surface area (Å²) >= 11 is 0. The average Bonchev–Trinajstić information content (AvgIpc) is 2.46. The fraction of sp³-hybridized carbons (Fsp3) is 0.533. The van der Waals surface area contributed by atoms with Crippen molar-refractivity contribution in [2.45, 2.75) is 39.1 Å². The number of rotatable bonds is 4. The Morgan fingerprint density at radius 1 is 1.32 bits per heavy atom. The van der Waals surface area contributed by atoms with E-state index in [1.807, 2.05) is 13.8 Å². The van der Waals surface area contributed by atoms with E-state index in [0.717, 1.165) is 0 Å². The van der Waals surface area contributed by atoms with Gasteiger partial charge < -0.3 is 14.4 Å². The van der Waals surface area contributed by atoms with Crippen LogP contribution < -0.4 is 4.74 Å². The second-order valence-electron chi connectivity index (χ2n) is 5.51. The number of amides is 1. The zero-order chi connectivity index (χ0) is 16.3. The Morgan fingerprint density at radius 3 is 2.36 bits per heavy atom. The second kappa shape index (κ2) is 6.74. The quantitative estimate of drug-likeness (QED) is 0.627. The number of hydrogen-bond acceptors (Lipinski definition) is 5. The summed E-state index contributed by atoms with van der Waals surface area (Å²) in [4.78, 5) is 24.3. The second-order valence-corrected chi connectivity index (χ2v) is 5.51. The van der Waals surface area contributed by atoms with Crippen LogP contribution in [0.15, 0.2) is 24.3 Å². The lowest BCUT2D eigenvalue weighted by Crippen LogP contribution is -2.51. The first-order valence-corrected chi connectivity index (χ1v) is 7.22. The molecule has 2 rings (SSSR count). The van der Waals surface area contributed by atoms with Gasteiger partial charge in [0.25, 0.3) is 11.6 Å². The lowest BCUT2D eigenvalue weighted by Gasteiger charge is -2.36. The largest absolute Gasteiger partial charge is 0.481 e. The molecule has 7 nitrogen and oxygen atoms in total. The number of ether oxygens (including phenoxy) is 2. The van der Waals surface area contributed by atoms with Crippen LogP contribution >= 0.6 is 0 Å². The SMILES string of the molecule is C[C@H]1CN(C(=O)[C@@H](C)Oc2ccc([N+](=O)[O-])cc2)C[C@H](C)O1. The topological polar surface area (TPSA) is 81.9 Å². The fourth-order valence-electron chi connectivity index (χ4n) is 2.52. The highest BCUT2D eigenvalue weighted by Gasteiger charge is 2.29. The minimum absolute atomic E-state index is 0.000671. The molecule has 1 aromatic carbocycles. The summed E-state index contributed by atoms with van der Waals surface area (Å²) in [5.41, 5.74) is -0.0119. The van der Waals surface area contributed by atoms with E-state index in [-0.39, 0.29) is 23.8 Å². The predicted octanol–water partition coefficient (Wildman–Crippen LogP) is 2.00. The molecular weight excluding hydrogens is 288 g/mol. The van der Waals surface area contributed by atoms with E-state index in [0.29, 0.717) is 18.8 Å². The van der Waals surface area contributed by atoms with Crippen molar-refractivity contribution in [3.8, 4) is 5.75 Å². The van der Waals surface area contributed by atoms with Crippen molar-refractivity contribution in [2.24, 2.45) is 0 Å². The third-order valence-electron chi connectivity index (χ3n) is 3.44. The van der Waals surface area contributed by atoms with E-state index in [4.69, 9.17) is 9.47 Å². The van der Waals surface area contributed by atoms with Gasteiger partial charge in [0.05, 0.1) is 17.1 Å². The number of nitro groups is 1. The highest BCUT2D eigenvalue weighted by Crippen LogP contribution is 2.19. The summed E-state index contributed by atoms with van der Waals surface area (Å²) in [5, 5.41) is 10.6. The van der Waals surface area contributed by atoms with Crippen molar-refractivity contribution >= 4 is 11.6 Å². The molecule has 3 atom stereocenters.